The number of hydrogen-bond acceptors (Lipinski definition) is 3. The molecule has 0 unspecified atom stereocenters. The topological polar surface area (TPSA) is 54.5 Å². The van der Waals surface area contributed by atoms with E-state index in [0.717, 1.165) is 0 Å². The molecule has 1 aliphatic heterocycles. The van der Waals surface area contributed by atoms with E-state index in [1.165, 1.54) is 17.0 Å². The van der Waals surface area contributed by atoms with Crippen molar-refractivity contribution < 1.29 is 17.6 Å². The van der Waals surface area contributed by atoms with Gasteiger partial charge in [-0.15, -0.1) is 0 Å². The molecule has 0 spiro atoms. The summed E-state index contributed by atoms with van der Waals surface area (Å²) in [5.41, 5.74) is 0.180. The van der Waals surface area contributed by atoms with Crippen molar-refractivity contribution in [3.05, 3.63) is 34.6 Å². The fourth-order valence-electron chi connectivity index (χ4n) is 2.45. The molecule has 1 heterocycles. The number of amides is 1. The van der Waals surface area contributed by atoms with Crippen molar-refractivity contribution in [1.29, 1.82) is 0 Å². The van der Waals surface area contributed by atoms with Gasteiger partial charge in [0.1, 0.15) is 15.7 Å². The Kier molecular flexibility index (Phi) is 4.88. The summed E-state index contributed by atoms with van der Waals surface area (Å²) in [6.07, 6.45) is 0.733. The molecule has 1 amide bonds. The van der Waals surface area contributed by atoms with Gasteiger partial charge in [0.2, 0.25) is 5.91 Å². The van der Waals surface area contributed by atoms with Gasteiger partial charge in [0.05, 0.1) is 17.9 Å². The van der Waals surface area contributed by atoms with Crippen molar-refractivity contribution in [2.24, 2.45) is 0 Å². The fraction of sp³-hybridized carbons (Fsp3) is 0.500. The third kappa shape index (κ3) is 3.95. The molecule has 1 fully saturated rings. The van der Waals surface area contributed by atoms with Crippen LogP contribution in [0, 0.1) is 5.82 Å². The first-order chi connectivity index (χ1) is 9.80. The SMILES string of the molecule is CN(C(=O)Cc1c(F)cccc1Cl)C1CCS(=O)(=O)CC1. The van der Waals surface area contributed by atoms with Crippen LogP contribution in [0.5, 0.6) is 0 Å². The van der Waals surface area contributed by atoms with Crippen LogP contribution < -0.4 is 0 Å². The monoisotopic (exact) mass is 333 g/mol. The number of sulfone groups is 1. The molecule has 1 aliphatic rings. The second kappa shape index (κ2) is 6.32. The molecule has 0 aliphatic carbocycles. The fourth-order valence-corrected chi connectivity index (χ4v) is 4.14. The Morgan fingerprint density at radius 2 is 2.00 bits per heavy atom. The van der Waals surface area contributed by atoms with Crippen LogP contribution in [0.15, 0.2) is 18.2 Å². The highest BCUT2D eigenvalue weighted by molar-refractivity contribution is 7.91. The molecular weight excluding hydrogens is 317 g/mol. The minimum absolute atomic E-state index is 0.0930. The van der Waals surface area contributed by atoms with Crippen molar-refractivity contribution in [2.45, 2.75) is 25.3 Å². The van der Waals surface area contributed by atoms with Crippen molar-refractivity contribution >= 4 is 27.3 Å². The molecule has 0 N–H and O–H groups in total. The summed E-state index contributed by atoms with van der Waals surface area (Å²) in [4.78, 5) is 13.7. The van der Waals surface area contributed by atoms with E-state index in [2.05, 4.69) is 0 Å². The van der Waals surface area contributed by atoms with Gasteiger partial charge in [-0.1, -0.05) is 17.7 Å². The van der Waals surface area contributed by atoms with Crippen LogP contribution in [0.3, 0.4) is 0 Å². The molecule has 7 heteroatoms. The van der Waals surface area contributed by atoms with E-state index in [1.54, 1.807) is 13.1 Å². The third-order valence-electron chi connectivity index (χ3n) is 3.85. The normalized spacial score (nSPS) is 18.4. The Bertz CT molecular complexity index is 613. The highest BCUT2D eigenvalue weighted by atomic mass is 35.5. The lowest BCUT2D eigenvalue weighted by molar-refractivity contribution is -0.131. The molecule has 116 valence electrons. The average Bonchev–Trinajstić information content (AvgIpc) is 2.42. The van der Waals surface area contributed by atoms with E-state index >= 15 is 0 Å². The maximum absolute atomic E-state index is 13.7. The average molecular weight is 334 g/mol. The van der Waals surface area contributed by atoms with E-state index in [-0.39, 0.29) is 40.5 Å². The maximum Gasteiger partial charge on any atom is 0.227 e. The van der Waals surface area contributed by atoms with Crippen LogP contribution in [-0.2, 0) is 21.1 Å². The van der Waals surface area contributed by atoms with E-state index in [0.29, 0.717) is 12.8 Å². The largest absolute Gasteiger partial charge is 0.342 e. The van der Waals surface area contributed by atoms with Gasteiger partial charge in [0, 0.05) is 23.7 Å². The molecule has 1 aromatic carbocycles. The van der Waals surface area contributed by atoms with Gasteiger partial charge >= 0.3 is 0 Å². The van der Waals surface area contributed by atoms with Crippen LogP contribution in [0.2, 0.25) is 5.02 Å². The first-order valence-corrected chi connectivity index (χ1v) is 8.89. The highest BCUT2D eigenvalue weighted by Crippen LogP contribution is 2.22. The van der Waals surface area contributed by atoms with Gasteiger partial charge in [0.15, 0.2) is 0 Å². The summed E-state index contributed by atoms with van der Waals surface area (Å²) in [6, 6.07) is 4.18. The first kappa shape index (κ1) is 16.2. The number of halogens is 2. The Hall–Kier alpha value is -1.14. The lowest BCUT2D eigenvalue weighted by atomic mass is 10.1. The zero-order chi connectivity index (χ0) is 15.6. The smallest absolute Gasteiger partial charge is 0.227 e. The molecule has 4 nitrogen and oxygen atoms in total. The van der Waals surface area contributed by atoms with Crippen molar-refractivity contribution in [3.8, 4) is 0 Å². The predicted molar refractivity (Wildman–Crippen MR) is 79.6 cm³/mol. The van der Waals surface area contributed by atoms with Gasteiger partial charge in [-0.05, 0) is 25.0 Å². The van der Waals surface area contributed by atoms with Crippen LogP contribution in [0.1, 0.15) is 18.4 Å². The second-order valence-corrected chi connectivity index (χ2v) is 7.98. The van der Waals surface area contributed by atoms with E-state index in [1.807, 2.05) is 0 Å². The van der Waals surface area contributed by atoms with E-state index in [9.17, 15) is 17.6 Å². The Morgan fingerprint density at radius 1 is 1.38 bits per heavy atom. The summed E-state index contributed by atoms with van der Waals surface area (Å²) >= 11 is 5.91. The number of rotatable bonds is 3. The second-order valence-electron chi connectivity index (χ2n) is 5.26. The Morgan fingerprint density at radius 3 is 2.57 bits per heavy atom. The molecule has 1 aromatic rings. The van der Waals surface area contributed by atoms with Crippen LogP contribution in [-0.4, -0.2) is 43.8 Å². The number of nitrogens with zero attached hydrogens (tertiary/aromatic N) is 1. The predicted octanol–water partition coefficient (Wildman–Crippen LogP) is 2.06. The Labute approximate surface area is 128 Å². The van der Waals surface area contributed by atoms with Gasteiger partial charge in [-0.2, -0.15) is 0 Å². The zero-order valence-corrected chi connectivity index (χ0v) is 13.3. The minimum Gasteiger partial charge on any atom is -0.342 e. The number of hydrogen-bond donors (Lipinski definition) is 0. The first-order valence-electron chi connectivity index (χ1n) is 6.69. The molecule has 1 saturated heterocycles. The molecule has 0 radical (unpaired) electrons. The molecule has 21 heavy (non-hydrogen) atoms. The maximum atomic E-state index is 13.7. The van der Waals surface area contributed by atoms with Gasteiger partial charge in [-0.3, -0.25) is 4.79 Å². The highest BCUT2D eigenvalue weighted by Gasteiger charge is 2.29. The van der Waals surface area contributed by atoms with Crippen LogP contribution in [0.25, 0.3) is 0 Å². The molecule has 2 rings (SSSR count). The third-order valence-corrected chi connectivity index (χ3v) is 5.92. The van der Waals surface area contributed by atoms with Gasteiger partial charge < -0.3 is 4.90 Å². The van der Waals surface area contributed by atoms with Crippen molar-refractivity contribution in [3.63, 3.8) is 0 Å². The number of carbonyl (C=O) groups excluding carboxylic acids is 1. The Balaban J connectivity index is 2.04. The number of benzene rings is 1. The molecule has 0 atom stereocenters. The molecular formula is C14H17ClFNO3S. The summed E-state index contributed by atoms with van der Waals surface area (Å²) in [7, 11) is -1.34. The standard InChI is InChI=1S/C14H17ClFNO3S/c1-17(10-5-7-21(19,20)8-6-10)14(18)9-11-12(15)3-2-4-13(11)16/h2-4,10H,5-9H2,1H3. The quantitative estimate of drug-likeness (QED) is 0.850. The summed E-state index contributed by atoms with van der Waals surface area (Å²) in [5, 5.41) is 0.225. The molecule has 0 aromatic heterocycles. The van der Waals surface area contributed by atoms with E-state index < -0.39 is 15.7 Å². The summed E-state index contributed by atoms with van der Waals surface area (Å²) in [6.45, 7) is 0. The lowest BCUT2D eigenvalue weighted by Crippen LogP contribution is -2.43. The van der Waals surface area contributed by atoms with Crippen LogP contribution >= 0.6 is 11.6 Å². The van der Waals surface area contributed by atoms with Gasteiger partial charge in [0.25, 0.3) is 0 Å². The number of likely N-dealkylation sites (N-methyl/N-ethyl adjacent to an activating group) is 1. The summed E-state index contributed by atoms with van der Waals surface area (Å²) in [5.74, 6) is -0.576. The van der Waals surface area contributed by atoms with Crippen molar-refractivity contribution in [1.82, 2.24) is 4.90 Å². The van der Waals surface area contributed by atoms with Gasteiger partial charge in [-0.25, -0.2) is 12.8 Å². The van der Waals surface area contributed by atoms with Crippen LogP contribution in [0.4, 0.5) is 4.39 Å². The van der Waals surface area contributed by atoms with Crippen molar-refractivity contribution in [2.75, 3.05) is 18.6 Å². The molecule has 0 bridgehead atoms. The lowest BCUT2D eigenvalue weighted by Gasteiger charge is -2.31. The van der Waals surface area contributed by atoms with E-state index in [4.69, 9.17) is 11.6 Å². The summed E-state index contributed by atoms with van der Waals surface area (Å²) < 4.78 is 36.5. The zero-order valence-electron chi connectivity index (χ0n) is 11.7. The molecule has 0 saturated carbocycles. The number of carbonyl (C=O) groups is 1. The minimum atomic E-state index is -2.97.